The molecule has 0 radical (unpaired) electrons. The molecule has 0 spiro atoms. The van der Waals surface area contributed by atoms with Crippen molar-refractivity contribution in [1.29, 1.82) is 0 Å². The van der Waals surface area contributed by atoms with E-state index >= 15 is 0 Å². The van der Waals surface area contributed by atoms with E-state index < -0.39 is 0 Å². The van der Waals surface area contributed by atoms with Crippen molar-refractivity contribution < 1.29 is 4.74 Å². The summed E-state index contributed by atoms with van der Waals surface area (Å²) in [6.07, 6.45) is 8.49. The van der Waals surface area contributed by atoms with Crippen molar-refractivity contribution >= 4 is 0 Å². The van der Waals surface area contributed by atoms with Crippen LogP contribution in [0.15, 0.2) is 0 Å². The van der Waals surface area contributed by atoms with Crippen molar-refractivity contribution in [1.82, 2.24) is 5.32 Å². The van der Waals surface area contributed by atoms with Crippen LogP contribution in [0.1, 0.15) is 59.3 Å². The topological polar surface area (TPSA) is 21.3 Å². The van der Waals surface area contributed by atoms with Gasteiger partial charge in [0.2, 0.25) is 0 Å². The zero-order valence-electron chi connectivity index (χ0n) is 11.3. The highest BCUT2D eigenvalue weighted by atomic mass is 16.5. The molecule has 1 saturated carbocycles. The minimum Gasteiger partial charge on any atom is -0.377 e. The van der Waals surface area contributed by atoms with Crippen molar-refractivity contribution in [3.8, 4) is 0 Å². The van der Waals surface area contributed by atoms with Crippen molar-refractivity contribution in [2.45, 2.75) is 71.4 Å². The second-order valence-corrected chi connectivity index (χ2v) is 5.61. The molecule has 2 nitrogen and oxygen atoms in total. The summed E-state index contributed by atoms with van der Waals surface area (Å²) in [5.74, 6) is 0.749. The quantitative estimate of drug-likeness (QED) is 0.720. The Morgan fingerprint density at radius 2 is 1.81 bits per heavy atom. The van der Waals surface area contributed by atoms with E-state index in [1.807, 2.05) is 0 Å². The van der Waals surface area contributed by atoms with Crippen LogP contribution in [0.2, 0.25) is 0 Å². The van der Waals surface area contributed by atoms with Crippen LogP contribution in [0, 0.1) is 5.92 Å². The van der Waals surface area contributed by atoms with Crippen LogP contribution >= 0.6 is 0 Å². The van der Waals surface area contributed by atoms with Crippen LogP contribution in [0.4, 0.5) is 0 Å². The molecule has 0 aliphatic heterocycles. The van der Waals surface area contributed by atoms with E-state index in [9.17, 15) is 0 Å². The number of nitrogens with one attached hydrogen (secondary N) is 1. The second-order valence-electron chi connectivity index (χ2n) is 5.61. The molecule has 1 unspecified atom stereocenters. The zero-order valence-corrected chi connectivity index (χ0v) is 11.3. The highest BCUT2D eigenvalue weighted by Gasteiger charge is 2.13. The van der Waals surface area contributed by atoms with E-state index in [4.69, 9.17) is 4.74 Å². The fraction of sp³-hybridized carbons (Fsp3) is 1.00. The summed E-state index contributed by atoms with van der Waals surface area (Å²) in [4.78, 5) is 0. The molecule has 2 heteroatoms. The summed E-state index contributed by atoms with van der Waals surface area (Å²) in [7, 11) is 0. The third-order valence-electron chi connectivity index (χ3n) is 3.40. The van der Waals surface area contributed by atoms with Gasteiger partial charge in [0.05, 0.1) is 6.10 Å². The van der Waals surface area contributed by atoms with Crippen molar-refractivity contribution in [3.05, 3.63) is 0 Å². The lowest BCUT2D eigenvalue weighted by molar-refractivity contribution is 0.0559. The van der Waals surface area contributed by atoms with E-state index in [0.29, 0.717) is 6.10 Å². The van der Waals surface area contributed by atoms with Gasteiger partial charge in [0.15, 0.2) is 0 Å². The Bertz CT molecular complexity index is 164. The Hall–Kier alpha value is -0.0800. The number of rotatable bonds is 7. The van der Waals surface area contributed by atoms with E-state index in [-0.39, 0.29) is 0 Å². The molecule has 16 heavy (non-hydrogen) atoms. The van der Waals surface area contributed by atoms with Crippen LogP contribution in [-0.2, 0) is 4.74 Å². The first-order chi connectivity index (χ1) is 7.68. The normalized spacial score (nSPS) is 20.2. The predicted molar refractivity (Wildman–Crippen MR) is 69.7 cm³/mol. The third-order valence-corrected chi connectivity index (χ3v) is 3.40. The van der Waals surface area contributed by atoms with Gasteiger partial charge in [-0.15, -0.1) is 0 Å². The minimum atomic E-state index is 0.362. The van der Waals surface area contributed by atoms with Gasteiger partial charge in [-0.2, -0.15) is 0 Å². The maximum absolute atomic E-state index is 5.78. The molecule has 0 heterocycles. The fourth-order valence-corrected chi connectivity index (χ4v) is 2.20. The van der Waals surface area contributed by atoms with Crippen molar-refractivity contribution in [2.24, 2.45) is 5.92 Å². The average Bonchev–Trinajstić information content (AvgIpc) is 2.27. The second kappa shape index (κ2) is 8.08. The first kappa shape index (κ1) is 14.0. The molecule has 1 fully saturated rings. The third kappa shape index (κ3) is 6.49. The highest BCUT2D eigenvalue weighted by molar-refractivity contribution is 4.72. The lowest BCUT2D eigenvalue weighted by Gasteiger charge is -2.24. The molecule has 1 rings (SSSR count). The number of ether oxygens (including phenoxy) is 1. The van der Waals surface area contributed by atoms with Gasteiger partial charge in [0.25, 0.3) is 0 Å². The molecule has 1 N–H and O–H groups in total. The van der Waals surface area contributed by atoms with Gasteiger partial charge in [-0.3, -0.25) is 0 Å². The van der Waals surface area contributed by atoms with E-state index in [2.05, 4.69) is 26.1 Å². The minimum absolute atomic E-state index is 0.362. The van der Waals surface area contributed by atoms with Gasteiger partial charge in [-0.25, -0.2) is 0 Å². The lowest BCUT2D eigenvalue weighted by atomic mass is 9.95. The fourth-order valence-electron chi connectivity index (χ4n) is 2.20. The van der Waals surface area contributed by atoms with Gasteiger partial charge < -0.3 is 10.1 Å². The first-order valence-corrected chi connectivity index (χ1v) is 7.03. The highest BCUT2D eigenvalue weighted by Crippen LogP contribution is 2.17. The van der Waals surface area contributed by atoms with Gasteiger partial charge in [-0.1, -0.05) is 33.1 Å². The van der Waals surface area contributed by atoms with Gasteiger partial charge in [-0.05, 0) is 32.1 Å². The molecule has 1 atom stereocenters. The molecule has 1 aliphatic carbocycles. The van der Waals surface area contributed by atoms with Crippen molar-refractivity contribution in [2.75, 3.05) is 13.2 Å². The SMILES string of the molecule is CC(C)CCOC(C)CNC1CCCCC1. The molecule has 0 saturated heterocycles. The van der Waals surface area contributed by atoms with Gasteiger partial charge in [0, 0.05) is 19.2 Å². The molecule has 96 valence electrons. The standard InChI is InChI=1S/C14H29NO/c1-12(2)9-10-16-13(3)11-15-14-7-5-4-6-8-14/h12-15H,4-11H2,1-3H3. The largest absolute Gasteiger partial charge is 0.377 e. The Labute approximate surface area is 101 Å². The van der Waals surface area contributed by atoms with Crippen molar-refractivity contribution in [3.63, 3.8) is 0 Å². The Kier molecular flexibility index (Phi) is 7.06. The van der Waals surface area contributed by atoms with Gasteiger partial charge in [0.1, 0.15) is 0 Å². The van der Waals surface area contributed by atoms with Crippen LogP contribution in [-0.4, -0.2) is 25.3 Å². The summed E-state index contributed by atoms with van der Waals surface area (Å²) in [6, 6.07) is 0.755. The summed E-state index contributed by atoms with van der Waals surface area (Å²) in [5, 5.41) is 3.63. The molecule has 1 aliphatic rings. The van der Waals surface area contributed by atoms with Gasteiger partial charge >= 0.3 is 0 Å². The Balaban J connectivity index is 1.98. The van der Waals surface area contributed by atoms with E-state index in [0.717, 1.165) is 25.1 Å². The maximum Gasteiger partial charge on any atom is 0.0671 e. The average molecular weight is 227 g/mol. The molecule has 0 aromatic heterocycles. The molecule has 0 bridgehead atoms. The van der Waals surface area contributed by atoms with Crippen LogP contribution < -0.4 is 5.32 Å². The zero-order chi connectivity index (χ0) is 11.8. The molecule has 0 aromatic rings. The number of hydrogen-bond acceptors (Lipinski definition) is 2. The molecular formula is C14H29NO. The molecule has 0 aromatic carbocycles. The lowest BCUT2D eigenvalue weighted by Crippen LogP contribution is -2.36. The van der Waals surface area contributed by atoms with E-state index in [1.165, 1.54) is 38.5 Å². The first-order valence-electron chi connectivity index (χ1n) is 7.03. The van der Waals surface area contributed by atoms with Crippen LogP contribution in [0.3, 0.4) is 0 Å². The predicted octanol–water partition coefficient (Wildman–Crippen LogP) is 3.36. The van der Waals surface area contributed by atoms with E-state index in [1.54, 1.807) is 0 Å². The maximum atomic E-state index is 5.78. The monoisotopic (exact) mass is 227 g/mol. The Morgan fingerprint density at radius 3 is 2.44 bits per heavy atom. The number of hydrogen-bond donors (Lipinski definition) is 1. The van der Waals surface area contributed by atoms with Crippen LogP contribution in [0.25, 0.3) is 0 Å². The Morgan fingerprint density at radius 1 is 1.12 bits per heavy atom. The molecular weight excluding hydrogens is 198 g/mol. The summed E-state index contributed by atoms with van der Waals surface area (Å²) in [5.41, 5.74) is 0. The smallest absolute Gasteiger partial charge is 0.0671 e. The summed E-state index contributed by atoms with van der Waals surface area (Å²) < 4.78 is 5.78. The van der Waals surface area contributed by atoms with Crippen LogP contribution in [0.5, 0.6) is 0 Å². The summed E-state index contributed by atoms with van der Waals surface area (Å²) in [6.45, 7) is 8.59. The molecule has 0 amide bonds. The summed E-state index contributed by atoms with van der Waals surface area (Å²) >= 11 is 0.